The lowest BCUT2D eigenvalue weighted by atomic mass is 9.98. The van der Waals surface area contributed by atoms with Crippen LogP contribution in [0.15, 0.2) is 48.0 Å². The van der Waals surface area contributed by atoms with Crippen LogP contribution in [0.5, 0.6) is 5.75 Å². The molecule has 0 unspecified atom stereocenters. The Morgan fingerprint density at radius 2 is 1.82 bits per heavy atom. The molecule has 0 aliphatic carbocycles. The van der Waals surface area contributed by atoms with Crippen molar-refractivity contribution in [2.45, 2.75) is 19.8 Å². The molecule has 1 fully saturated rings. The number of carbonyl (C=O) groups is 2. The third-order valence-corrected chi connectivity index (χ3v) is 4.94. The van der Waals surface area contributed by atoms with Gasteiger partial charge in [-0.2, -0.15) is 0 Å². The maximum Gasteiger partial charge on any atom is 0.270 e. The molecule has 0 saturated carbocycles. The predicted octanol–water partition coefficient (Wildman–Crippen LogP) is 4.30. The Morgan fingerprint density at radius 3 is 2.43 bits per heavy atom. The van der Waals surface area contributed by atoms with Gasteiger partial charge in [0.1, 0.15) is 11.3 Å². The zero-order valence-corrected chi connectivity index (χ0v) is 17.2. The van der Waals surface area contributed by atoms with Crippen LogP contribution in [-0.2, 0) is 9.59 Å². The highest BCUT2D eigenvalue weighted by Gasteiger charge is 2.34. The van der Waals surface area contributed by atoms with Crippen molar-refractivity contribution < 1.29 is 14.3 Å². The Kier molecular flexibility index (Phi) is 5.82. The molecule has 1 aliphatic rings. The van der Waals surface area contributed by atoms with Gasteiger partial charge in [0, 0.05) is 10.6 Å². The molecule has 3 rings (SSSR count). The van der Waals surface area contributed by atoms with Crippen LogP contribution < -0.4 is 15.0 Å². The van der Waals surface area contributed by atoms with E-state index >= 15 is 0 Å². The molecule has 0 atom stereocenters. The number of halogens is 1. The van der Waals surface area contributed by atoms with Crippen LogP contribution in [0.1, 0.15) is 30.9 Å². The number of hydrogen-bond acceptors (Lipinski definition) is 4. The molecule has 0 aromatic heterocycles. The van der Waals surface area contributed by atoms with E-state index in [0.717, 1.165) is 5.56 Å². The van der Waals surface area contributed by atoms with E-state index in [1.807, 2.05) is 18.2 Å². The van der Waals surface area contributed by atoms with Crippen molar-refractivity contribution in [3.05, 3.63) is 64.2 Å². The summed E-state index contributed by atoms with van der Waals surface area (Å²) in [5.41, 5.74) is 2.22. The van der Waals surface area contributed by atoms with Crippen LogP contribution in [0.2, 0.25) is 5.02 Å². The first kappa shape index (κ1) is 20.0. The van der Waals surface area contributed by atoms with Gasteiger partial charge in [-0.1, -0.05) is 31.5 Å². The molecular weight excluding hydrogens is 396 g/mol. The van der Waals surface area contributed by atoms with Crippen LogP contribution in [0.4, 0.5) is 5.69 Å². The quantitative estimate of drug-likeness (QED) is 0.460. The number of benzene rings is 2. The second kappa shape index (κ2) is 8.12. The van der Waals surface area contributed by atoms with E-state index in [1.54, 1.807) is 31.4 Å². The normalized spacial score (nSPS) is 16.0. The molecule has 1 saturated heterocycles. The van der Waals surface area contributed by atoms with Gasteiger partial charge in [0.15, 0.2) is 5.11 Å². The molecule has 0 radical (unpaired) electrons. The molecule has 0 spiro atoms. The highest BCUT2D eigenvalue weighted by Crippen LogP contribution is 2.28. The Morgan fingerprint density at radius 1 is 1.14 bits per heavy atom. The van der Waals surface area contributed by atoms with Gasteiger partial charge < -0.3 is 4.74 Å². The lowest BCUT2D eigenvalue weighted by Gasteiger charge is -2.29. The standard InChI is InChI=1S/C21H19ClN2O3S/c1-12(2)13-4-9-18(27-3)14(10-13)11-17-19(25)23-21(28)24(20(17)26)16-7-5-15(22)6-8-16/h4-12H,1-3H3,(H,23,25,28)/b17-11-. The maximum absolute atomic E-state index is 13.1. The SMILES string of the molecule is COc1ccc(C(C)C)cc1/C=C1/C(=O)NC(=S)N(c2ccc(Cl)cc2)C1=O. The van der Waals surface area contributed by atoms with E-state index < -0.39 is 11.8 Å². The van der Waals surface area contributed by atoms with Crippen molar-refractivity contribution in [2.75, 3.05) is 12.0 Å². The zero-order valence-electron chi connectivity index (χ0n) is 15.7. The molecule has 1 N–H and O–H groups in total. The minimum atomic E-state index is -0.544. The largest absolute Gasteiger partial charge is 0.496 e. The zero-order chi connectivity index (χ0) is 20.4. The Balaban J connectivity index is 2.06. The molecule has 2 amide bonds. The van der Waals surface area contributed by atoms with E-state index in [-0.39, 0.29) is 16.6 Å². The molecule has 1 aliphatic heterocycles. The fraction of sp³-hybridized carbons (Fsp3) is 0.190. The lowest BCUT2D eigenvalue weighted by Crippen LogP contribution is -2.54. The van der Waals surface area contributed by atoms with Crippen molar-refractivity contribution in [1.82, 2.24) is 5.32 Å². The average Bonchev–Trinajstić information content (AvgIpc) is 2.66. The third kappa shape index (κ3) is 3.93. The molecule has 28 heavy (non-hydrogen) atoms. The molecule has 1 heterocycles. The van der Waals surface area contributed by atoms with Crippen molar-refractivity contribution in [3.63, 3.8) is 0 Å². The number of amides is 2. The molecule has 0 bridgehead atoms. The summed E-state index contributed by atoms with van der Waals surface area (Å²) in [4.78, 5) is 26.9. The monoisotopic (exact) mass is 414 g/mol. The van der Waals surface area contributed by atoms with E-state index in [1.165, 1.54) is 11.0 Å². The van der Waals surface area contributed by atoms with Crippen molar-refractivity contribution in [3.8, 4) is 5.75 Å². The fourth-order valence-electron chi connectivity index (χ4n) is 2.86. The van der Waals surface area contributed by atoms with Crippen LogP contribution in [0, 0.1) is 0 Å². The van der Waals surface area contributed by atoms with Gasteiger partial charge in [0.05, 0.1) is 12.8 Å². The van der Waals surface area contributed by atoms with Gasteiger partial charge in [-0.05, 0) is 66.2 Å². The Bertz CT molecular complexity index is 984. The summed E-state index contributed by atoms with van der Waals surface area (Å²) < 4.78 is 5.40. The van der Waals surface area contributed by atoms with Gasteiger partial charge in [-0.25, -0.2) is 0 Å². The van der Waals surface area contributed by atoms with Crippen LogP contribution >= 0.6 is 23.8 Å². The van der Waals surface area contributed by atoms with E-state index in [9.17, 15) is 9.59 Å². The molecule has 7 heteroatoms. The summed E-state index contributed by atoms with van der Waals surface area (Å²) in [7, 11) is 1.55. The number of anilines is 1. The maximum atomic E-state index is 13.1. The van der Waals surface area contributed by atoms with Crippen LogP contribution in [-0.4, -0.2) is 24.0 Å². The molecule has 144 valence electrons. The summed E-state index contributed by atoms with van der Waals surface area (Å²) in [5, 5.41) is 3.14. The minimum absolute atomic E-state index is 0.0252. The first-order valence-electron chi connectivity index (χ1n) is 8.66. The summed E-state index contributed by atoms with van der Waals surface area (Å²) in [5.74, 6) is -0.189. The van der Waals surface area contributed by atoms with E-state index in [4.69, 9.17) is 28.6 Å². The van der Waals surface area contributed by atoms with Gasteiger partial charge in [-0.3, -0.25) is 19.8 Å². The van der Waals surface area contributed by atoms with Crippen molar-refractivity contribution >= 4 is 52.5 Å². The number of methoxy groups -OCH3 is 1. The predicted molar refractivity (Wildman–Crippen MR) is 115 cm³/mol. The fourth-order valence-corrected chi connectivity index (χ4v) is 3.27. The summed E-state index contributed by atoms with van der Waals surface area (Å²) in [6.45, 7) is 4.13. The van der Waals surface area contributed by atoms with Crippen molar-refractivity contribution in [1.29, 1.82) is 0 Å². The van der Waals surface area contributed by atoms with Crippen LogP contribution in [0.3, 0.4) is 0 Å². The summed E-state index contributed by atoms with van der Waals surface area (Å²) in [6, 6.07) is 12.3. The average molecular weight is 415 g/mol. The molecular formula is C21H19ClN2O3S. The topological polar surface area (TPSA) is 58.6 Å². The molecule has 2 aromatic carbocycles. The first-order chi connectivity index (χ1) is 13.3. The van der Waals surface area contributed by atoms with Crippen LogP contribution in [0.25, 0.3) is 6.08 Å². The first-order valence-corrected chi connectivity index (χ1v) is 9.45. The van der Waals surface area contributed by atoms with Gasteiger partial charge >= 0.3 is 0 Å². The highest BCUT2D eigenvalue weighted by atomic mass is 35.5. The van der Waals surface area contributed by atoms with E-state index in [2.05, 4.69) is 19.2 Å². The number of thiocarbonyl (C=S) groups is 1. The third-order valence-electron chi connectivity index (χ3n) is 4.41. The van der Waals surface area contributed by atoms with Gasteiger partial charge in [0.2, 0.25) is 0 Å². The second-order valence-electron chi connectivity index (χ2n) is 6.59. The Hall–Kier alpha value is -2.70. The molecule has 5 nitrogen and oxygen atoms in total. The minimum Gasteiger partial charge on any atom is -0.496 e. The summed E-state index contributed by atoms with van der Waals surface area (Å²) >= 11 is 11.1. The number of ether oxygens (including phenoxy) is 1. The number of nitrogens with one attached hydrogen (secondary N) is 1. The number of carbonyl (C=O) groups excluding carboxylic acids is 2. The van der Waals surface area contributed by atoms with Gasteiger partial charge in [-0.15, -0.1) is 0 Å². The van der Waals surface area contributed by atoms with Gasteiger partial charge in [0.25, 0.3) is 11.8 Å². The van der Waals surface area contributed by atoms with E-state index in [0.29, 0.717) is 22.0 Å². The lowest BCUT2D eigenvalue weighted by molar-refractivity contribution is -0.122. The number of rotatable bonds is 4. The summed E-state index contributed by atoms with van der Waals surface area (Å²) in [6.07, 6.45) is 1.53. The van der Waals surface area contributed by atoms with Crippen molar-refractivity contribution in [2.24, 2.45) is 0 Å². The second-order valence-corrected chi connectivity index (χ2v) is 7.41. The number of nitrogens with zero attached hydrogens (tertiary/aromatic N) is 1. The smallest absolute Gasteiger partial charge is 0.270 e. The number of hydrogen-bond donors (Lipinski definition) is 1. The molecule has 2 aromatic rings. The Labute approximate surface area is 173 Å². The highest BCUT2D eigenvalue weighted by molar-refractivity contribution is 7.80.